The van der Waals surface area contributed by atoms with E-state index in [1.807, 2.05) is 0 Å². The molecule has 5 nitrogen and oxygen atoms in total. The fourth-order valence-electron chi connectivity index (χ4n) is 2.04. The number of nitrogens with zero attached hydrogens (tertiary/aromatic N) is 2. The van der Waals surface area contributed by atoms with Crippen LogP contribution in [0.2, 0.25) is 0 Å². The smallest absolute Gasteiger partial charge is 0.264 e. The predicted molar refractivity (Wildman–Crippen MR) is 62.2 cm³/mol. The van der Waals surface area contributed by atoms with Gasteiger partial charge >= 0.3 is 0 Å². The highest BCUT2D eigenvalue weighted by Gasteiger charge is 2.27. The summed E-state index contributed by atoms with van der Waals surface area (Å²) in [5.74, 6) is -0.120. The minimum absolute atomic E-state index is 0.120. The second-order valence-electron chi connectivity index (χ2n) is 4.39. The normalized spacial score (nSPS) is 19.3. The Morgan fingerprint density at radius 2 is 2.25 bits per heavy atom. The maximum atomic E-state index is 11.7. The van der Waals surface area contributed by atoms with Crippen LogP contribution < -0.4 is 11.1 Å². The van der Waals surface area contributed by atoms with Crippen molar-refractivity contribution in [2.24, 2.45) is 5.73 Å². The second-order valence-corrected chi connectivity index (χ2v) is 5.17. The van der Waals surface area contributed by atoms with Crippen molar-refractivity contribution in [2.75, 3.05) is 6.54 Å². The molecule has 16 heavy (non-hydrogen) atoms. The summed E-state index contributed by atoms with van der Waals surface area (Å²) in [6, 6.07) is 0. The average molecular weight is 240 g/mol. The standard InChI is InChI=1S/C10H16N4OS/c11-10(4-2-1-3-5-10)7-12-9(15)8-6-13-14-16-8/h6H,1-5,7,11H2,(H,12,15). The Morgan fingerprint density at radius 1 is 1.50 bits per heavy atom. The zero-order valence-electron chi connectivity index (χ0n) is 9.11. The first-order valence-corrected chi connectivity index (χ1v) is 6.31. The minimum atomic E-state index is -0.216. The lowest BCUT2D eigenvalue weighted by Crippen LogP contribution is -2.51. The van der Waals surface area contributed by atoms with Gasteiger partial charge in [0.25, 0.3) is 5.91 Å². The van der Waals surface area contributed by atoms with E-state index in [0.29, 0.717) is 11.4 Å². The molecule has 1 saturated carbocycles. The number of nitrogens with two attached hydrogens (primary N) is 1. The van der Waals surface area contributed by atoms with E-state index in [1.165, 1.54) is 12.6 Å². The van der Waals surface area contributed by atoms with E-state index in [-0.39, 0.29) is 11.4 Å². The predicted octanol–water partition coefficient (Wildman–Crippen LogP) is 0.929. The highest BCUT2D eigenvalue weighted by Crippen LogP contribution is 2.25. The molecule has 6 heteroatoms. The van der Waals surface area contributed by atoms with E-state index in [9.17, 15) is 4.79 Å². The summed E-state index contributed by atoms with van der Waals surface area (Å²) >= 11 is 1.10. The number of rotatable bonds is 3. The SMILES string of the molecule is NC1(CNC(=O)c2cnns2)CCCCC1. The lowest BCUT2D eigenvalue weighted by molar-refractivity contribution is 0.0941. The molecule has 1 aliphatic rings. The van der Waals surface area contributed by atoms with Crippen molar-refractivity contribution in [1.82, 2.24) is 14.9 Å². The quantitative estimate of drug-likeness (QED) is 0.823. The number of hydrogen-bond donors (Lipinski definition) is 2. The van der Waals surface area contributed by atoms with Crippen LogP contribution in [0.1, 0.15) is 41.8 Å². The molecule has 88 valence electrons. The van der Waals surface area contributed by atoms with Gasteiger partial charge in [0.15, 0.2) is 0 Å². The maximum Gasteiger partial charge on any atom is 0.264 e. The zero-order valence-corrected chi connectivity index (χ0v) is 9.92. The Morgan fingerprint density at radius 3 is 2.88 bits per heavy atom. The molecule has 1 aromatic rings. The molecular weight excluding hydrogens is 224 g/mol. The highest BCUT2D eigenvalue weighted by atomic mass is 32.1. The zero-order chi connectivity index (χ0) is 11.4. The van der Waals surface area contributed by atoms with Crippen LogP contribution >= 0.6 is 11.5 Å². The molecule has 1 amide bonds. The molecule has 1 heterocycles. The van der Waals surface area contributed by atoms with Crippen LogP contribution in [0.15, 0.2) is 6.20 Å². The minimum Gasteiger partial charge on any atom is -0.349 e. The molecule has 1 aromatic heterocycles. The first-order valence-electron chi connectivity index (χ1n) is 5.54. The molecule has 0 saturated heterocycles. The van der Waals surface area contributed by atoms with Gasteiger partial charge in [-0.25, -0.2) is 0 Å². The van der Waals surface area contributed by atoms with Gasteiger partial charge in [0, 0.05) is 12.1 Å². The lowest BCUT2D eigenvalue weighted by atomic mass is 9.82. The van der Waals surface area contributed by atoms with Gasteiger partial charge in [-0.05, 0) is 24.4 Å². The van der Waals surface area contributed by atoms with Crippen LogP contribution in [0.5, 0.6) is 0 Å². The average Bonchev–Trinajstić information content (AvgIpc) is 2.80. The topological polar surface area (TPSA) is 80.9 Å². The lowest BCUT2D eigenvalue weighted by Gasteiger charge is -2.33. The van der Waals surface area contributed by atoms with E-state index in [1.54, 1.807) is 0 Å². The molecular formula is C10H16N4OS. The Labute approximate surface area is 98.6 Å². The van der Waals surface area contributed by atoms with Crippen molar-refractivity contribution in [3.63, 3.8) is 0 Å². The molecule has 2 rings (SSSR count). The third-order valence-corrected chi connectivity index (χ3v) is 3.70. The van der Waals surface area contributed by atoms with Crippen LogP contribution in [0.4, 0.5) is 0 Å². The molecule has 0 radical (unpaired) electrons. The highest BCUT2D eigenvalue weighted by molar-refractivity contribution is 7.07. The van der Waals surface area contributed by atoms with E-state index in [4.69, 9.17) is 5.73 Å². The molecule has 0 aliphatic heterocycles. The summed E-state index contributed by atoms with van der Waals surface area (Å²) in [5.41, 5.74) is 6.00. The number of carbonyl (C=O) groups is 1. The van der Waals surface area contributed by atoms with Gasteiger partial charge in [-0.2, -0.15) is 0 Å². The fraction of sp³-hybridized carbons (Fsp3) is 0.700. The summed E-state index contributed by atoms with van der Waals surface area (Å²) in [7, 11) is 0. The summed E-state index contributed by atoms with van der Waals surface area (Å²) in [6.45, 7) is 0.545. The molecule has 0 bridgehead atoms. The molecule has 0 atom stereocenters. The number of hydrogen-bond acceptors (Lipinski definition) is 5. The van der Waals surface area contributed by atoms with Crippen molar-refractivity contribution in [1.29, 1.82) is 0 Å². The van der Waals surface area contributed by atoms with Crippen LogP contribution in [0.3, 0.4) is 0 Å². The molecule has 0 unspecified atom stereocenters. The van der Waals surface area contributed by atoms with Gasteiger partial charge in [0.05, 0.1) is 6.20 Å². The van der Waals surface area contributed by atoms with E-state index in [0.717, 1.165) is 37.2 Å². The Balaban J connectivity index is 1.84. The van der Waals surface area contributed by atoms with Crippen LogP contribution in [0.25, 0.3) is 0 Å². The third kappa shape index (κ3) is 2.76. The van der Waals surface area contributed by atoms with E-state index >= 15 is 0 Å². The van der Waals surface area contributed by atoms with E-state index < -0.39 is 0 Å². The number of nitrogens with one attached hydrogen (secondary N) is 1. The van der Waals surface area contributed by atoms with Gasteiger partial charge in [0.1, 0.15) is 4.88 Å². The Kier molecular flexibility index (Phi) is 3.50. The summed E-state index contributed by atoms with van der Waals surface area (Å²) < 4.78 is 3.65. The maximum absolute atomic E-state index is 11.7. The Hall–Kier alpha value is -1.01. The van der Waals surface area contributed by atoms with Crippen LogP contribution in [-0.2, 0) is 0 Å². The van der Waals surface area contributed by atoms with Crippen molar-refractivity contribution >= 4 is 17.4 Å². The van der Waals surface area contributed by atoms with Crippen molar-refractivity contribution in [3.8, 4) is 0 Å². The molecule has 0 aromatic carbocycles. The van der Waals surface area contributed by atoms with Gasteiger partial charge < -0.3 is 11.1 Å². The van der Waals surface area contributed by atoms with Gasteiger partial charge in [-0.3, -0.25) is 4.79 Å². The van der Waals surface area contributed by atoms with Crippen molar-refractivity contribution < 1.29 is 4.79 Å². The van der Waals surface area contributed by atoms with Gasteiger partial charge in [-0.15, -0.1) is 5.10 Å². The Bertz CT molecular complexity index is 346. The van der Waals surface area contributed by atoms with Crippen LogP contribution in [-0.4, -0.2) is 27.6 Å². The third-order valence-electron chi connectivity index (χ3n) is 3.04. The van der Waals surface area contributed by atoms with Crippen LogP contribution in [0, 0.1) is 0 Å². The van der Waals surface area contributed by atoms with Gasteiger partial charge in [0.2, 0.25) is 0 Å². The first kappa shape index (κ1) is 11.5. The molecule has 0 spiro atoms. The van der Waals surface area contributed by atoms with E-state index in [2.05, 4.69) is 14.9 Å². The molecule has 1 fully saturated rings. The largest absolute Gasteiger partial charge is 0.349 e. The van der Waals surface area contributed by atoms with Crippen molar-refractivity contribution in [3.05, 3.63) is 11.1 Å². The summed E-state index contributed by atoms with van der Waals surface area (Å²) in [4.78, 5) is 12.2. The molecule has 3 N–H and O–H groups in total. The summed E-state index contributed by atoms with van der Waals surface area (Å²) in [6.07, 6.45) is 7.04. The second kappa shape index (κ2) is 4.88. The van der Waals surface area contributed by atoms with Crippen molar-refractivity contribution in [2.45, 2.75) is 37.6 Å². The van der Waals surface area contributed by atoms with Gasteiger partial charge in [-0.1, -0.05) is 23.8 Å². The summed E-state index contributed by atoms with van der Waals surface area (Å²) in [5, 5.41) is 6.49. The number of carbonyl (C=O) groups excluding carboxylic acids is 1. The fourth-order valence-corrected chi connectivity index (χ4v) is 2.47. The number of aromatic nitrogens is 2. The number of amides is 1. The first-order chi connectivity index (χ1) is 7.70. The monoisotopic (exact) mass is 240 g/mol. The molecule has 1 aliphatic carbocycles.